The zero-order chi connectivity index (χ0) is 15.0. The highest BCUT2D eigenvalue weighted by atomic mass is 79.9. The summed E-state index contributed by atoms with van der Waals surface area (Å²) in [6.45, 7) is 1.65. The number of hydrogen-bond acceptors (Lipinski definition) is 1. The topological polar surface area (TPSA) is 12.0 Å². The molecule has 1 atom stereocenters. The van der Waals surface area contributed by atoms with Gasteiger partial charge in [-0.25, -0.2) is 8.78 Å². The Hall–Kier alpha value is -1.42. The average molecular weight is 352 g/mol. The number of nitrogens with one attached hydrogen (secondary N) is 1. The lowest BCUT2D eigenvalue weighted by molar-refractivity contribution is 0.560. The summed E-state index contributed by atoms with van der Waals surface area (Å²) in [4.78, 5) is 0. The molecule has 3 rings (SSSR count). The molecule has 1 N–H and O–H groups in total. The first kappa shape index (κ1) is 14.5. The largest absolute Gasteiger partial charge is 0.377 e. The molecule has 21 heavy (non-hydrogen) atoms. The van der Waals surface area contributed by atoms with Gasteiger partial charge >= 0.3 is 0 Å². The van der Waals surface area contributed by atoms with Gasteiger partial charge in [-0.3, -0.25) is 0 Å². The molecule has 4 heteroatoms. The summed E-state index contributed by atoms with van der Waals surface area (Å²) in [5.74, 6) is -1.02. The minimum atomic E-state index is -0.528. The molecule has 0 heterocycles. The number of halogens is 3. The van der Waals surface area contributed by atoms with Gasteiger partial charge in [-0.15, -0.1) is 0 Å². The van der Waals surface area contributed by atoms with E-state index in [0.717, 1.165) is 23.7 Å². The van der Waals surface area contributed by atoms with Crippen LogP contribution in [-0.4, -0.2) is 6.04 Å². The fourth-order valence-electron chi connectivity index (χ4n) is 2.84. The first-order valence-corrected chi connectivity index (χ1v) is 7.82. The van der Waals surface area contributed by atoms with Gasteiger partial charge < -0.3 is 5.32 Å². The molecule has 2 aromatic carbocycles. The van der Waals surface area contributed by atoms with Gasteiger partial charge in [0.15, 0.2) is 5.82 Å². The normalized spacial score (nSPS) is 17.4. The maximum absolute atomic E-state index is 14.1. The Kier molecular flexibility index (Phi) is 3.98. The van der Waals surface area contributed by atoms with Gasteiger partial charge in [0, 0.05) is 10.5 Å². The van der Waals surface area contributed by atoms with E-state index in [4.69, 9.17) is 0 Å². The number of rotatable bonds is 2. The lowest BCUT2D eigenvalue weighted by Crippen LogP contribution is -2.28. The van der Waals surface area contributed by atoms with Crippen LogP contribution < -0.4 is 5.32 Å². The zero-order valence-corrected chi connectivity index (χ0v) is 13.3. The highest BCUT2D eigenvalue weighted by Gasteiger charge is 2.21. The Morgan fingerprint density at radius 1 is 1.14 bits per heavy atom. The van der Waals surface area contributed by atoms with E-state index in [-0.39, 0.29) is 11.7 Å². The summed E-state index contributed by atoms with van der Waals surface area (Å²) in [6, 6.07) is 9.05. The summed E-state index contributed by atoms with van der Waals surface area (Å²) in [7, 11) is 0. The number of aryl methyl sites for hydroxylation is 2. The van der Waals surface area contributed by atoms with Crippen LogP contribution in [-0.2, 0) is 12.8 Å². The Balaban J connectivity index is 1.82. The second-order valence-corrected chi connectivity index (χ2v) is 6.47. The third-order valence-electron chi connectivity index (χ3n) is 4.03. The second-order valence-electron chi connectivity index (χ2n) is 5.55. The van der Waals surface area contributed by atoms with Gasteiger partial charge in [0.25, 0.3) is 0 Å². The van der Waals surface area contributed by atoms with Crippen molar-refractivity contribution < 1.29 is 8.78 Å². The van der Waals surface area contributed by atoms with Gasteiger partial charge in [0.2, 0.25) is 0 Å². The lowest BCUT2D eigenvalue weighted by Gasteiger charge is -2.27. The number of benzene rings is 2. The van der Waals surface area contributed by atoms with Gasteiger partial charge in [0.1, 0.15) is 11.5 Å². The second kappa shape index (κ2) is 5.76. The summed E-state index contributed by atoms with van der Waals surface area (Å²) >= 11 is 3.47. The van der Waals surface area contributed by atoms with Crippen molar-refractivity contribution in [2.24, 2.45) is 0 Å². The Morgan fingerprint density at radius 3 is 2.76 bits per heavy atom. The molecule has 0 saturated heterocycles. The first-order chi connectivity index (χ1) is 10.0. The van der Waals surface area contributed by atoms with Crippen LogP contribution in [0.15, 0.2) is 34.8 Å². The molecule has 0 spiro atoms. The molecule has 0 aliphatic heterocycles. The van der Waals surface area contributed by atoms with Crippen LogP contribution in [0.5, 0.6) is 0 Å². The molecule has 0 amide bonds. The highest BCUT2D eigenvalue weighted by Crippen LogP contribution is 2.29. The van der Waals surface area contributed by atoms with Gasteiger partial charge in [-0.1, -0.05) is 28.1 Å². The minimum absolute atomic E-state index is 0.000520. The lowest BCUT2D eigenvalue weighted by atomic mass is 9.88. The summed E-state index contributed by atoms with van der Waals surface area (Å²) < 4.78 is 29.0. The van der Waals surface area contributed by atoms with Crippen molar-refractivity contribution in [3.63, 3.8) is 0 Å². The maximum atomic E-state index is 14.1. The van der Waals surface area contributed by atoms with Crippen LogP contribution in [0.1, 0.15) is 23.1 Å². The van der Waals surface area contributed by atoms with Gasteiger partial charge in [0.05, 0.1) is 0 Å². The molecule has 0 radical (unpaired) electrons. The Labute approximate surface area is 131 Å². The van der Waals surface area contributed by atoms with Crippen molar-refractivity contribution >= 4 is 21.6 Å². The molecule has 110 valence electrons. The molecule has 1 aliphatic carbocycles. The molecule has 0 fully saturated rings. The van der Waals surface area contributed by atoms with Crippen LogP contribution >= 0.6 is 15.9 Å². The molecule has 1 nitrogen and oxygen atoms in total. The van der Waals surface area contributed by atoms with Crippen LogP contribution in [0.2, 0.25) is 0 Å². The zero-order valence-electron chi connectivity index (χ0n) is 11.7. The number of hydrogen-bond donors (Lipinski definition) is 1. The monoisotopic (exact) mass is 351 g/mol. The van der Waals surface area contributed by atoms with E-state index in [2.05, 4.69) is 33.4 Å². The minimum Gasteiger partial charge on any atom is -0.377 e. The molecule has 1 aliphatic rings. The third kappa shape index (κ3) is 2.95. The van der Waals surface area contributed by atoms with Crippen molar-refractivity contribution in [2.45, 2.75) is 32.2 Å². The van der Waals surface area contributed by atoms with Crippen LogP contribution in [0.3, 0.4) is 0 Å². The molecular formula is C17H16BrF2N. The predicted octanol–water partition coefficient (Wildman–Crippen LogP) is 5.01. The summed E-state index contributed by atoms with van der Waals surface area (Å²) in [5, 5.41) is 3.05. The van der Waals surface area contributed by atoms with Crippen LogP contribution in [0, 0.1) is 18.6 Å². The van der Waals surface area contributed by atoms with Gasteiger partial charge in [-0.2, -0.15) is 0 Å². The van der Waals surface area contributed by atoms with E-state index in [1.165, 1.54) is 23.3 Å². The standard InChI is InChI=1S/C17H16BrF2N/c1-10-2-7-15(19)17(16(10)20)21-14-6-4-11-8-13(18)5-3-12(11)9-14/h2-3,5,7-8,14,21H,4,6,9H2,1H3. The van der Waals surface area contributed by atoms with Gasteiger partial charge in [-0.05, 0) is 61.1 Å². The van der Waals surface area contributed by atoms with E-state index in [0.29, 0.717) is 5.56 Å². The number of fused-ring (bicyclic) bond motifs is 1. The fourth-order valence-corrected chi connectivity index (χ4v) is 3.25. The molecule has 2 aromatic rings. The van der Waals surface area contributed by atoms with Crippen molar-refractivity contribution in [2.75, 3.05) is 5.32 Å². The SMILES string of the molecule is Cc1ccc(F)c(NC2CCc3cc(Br)ccc3C2)c1F. The first-order valence-electron chi connectivity index (χ1n) is 7.03. The smallest absolute Gasteiger partial charge is 0.152 e. The van der Waals surface area contributed by atoms with E-state index in [9.17, 15) is 8.78 Å². The van der Waals surface area contributed by atoms with E-state index in [1.807, 2.05) is 6.07 Å². The van der Waals surface area contributed by atoms with Crippen molar-refractivity contribution in [3.05, 3.63) is 63.1 Å². The Bertz CT molecular complexity index is 685. The predicted molar refractivity (Wildman–Crippen MR) is 84.7 cm³/mol. The maximum Gasteiger partial charge on any atom is 0.152 e. The molecule has 0 aromatic heterocycles. The third-order valence-corrected chi connectivity index (χ3v) is 4.52. The summed E-state index contributed by atoms with van der Waals surface area (Å²) in [5.41, 5.74) is 3.02. The molecule has 1 unspecified atom stereocenters. The van der Waals surface area contributed by atoms with E-state index < -0.39 is 11.6 Å². The quantitative estimate of drug-likeness (QED) is 0.802. The van der Waals surface area contributed by atoms with Crippen LogP contribution in [0.4, 0.5) is 14.5 Å². The molecular weight excluding hydrogens is 336 g/mol. The van der Waals surface area contributed by atoms with Crippen LogP contribution in [0.25, 0.3) is 0 Å². The Morgan fingerprint density at radius 2 is 1.95 bits per heavy atom. The van der Waals surface area contributed by atoms with Crippen molar-refractivity contribution in [1.82, 2.24) is 0 Å². The fraction of sp³-hybridized carbons (Fsp3) is 0.294. The molecule has 0 saturated carbocycles. The average Bonchev–Trinajstić information content (AvgIpc) is 2.48. The molecule has 0 bridgehead atoms. The summed E-state index contributed by atoms with van der Waals surface area (Å²) in [6.07, 6.45) is 2.58. The number of anilines is 1. The van der Waals surface area contributed by atoms with E-state index in [1.54, 1.807) is 6.92 Å². The van der Waals surface area contributed by atoms with E-state index >= 15 is 0 Å². The highest BCUT2D eigenvalue weighted by molar-refractivity contribution is 9.10. The van der Waals surface area contributed by atoms with Crippen molar-refractivity contribution in [1.29, 1.82) is 0 Å². The van der Waals surface area contributed by atoms with Crippen molar-refractivity contribution in [3.8, 4) is 0 Å².